The lowest BCUT2D eigenvalue weighted by Crippen LogP contribution is -2.23. The van der Waals surface area contributed by atoms with Crippen molar-refractivity contribution < 1.29 is 9.21 Å². The Morgan fingerprint density at radius 2 is 2.18 bits per heavy atom. The van der Waals surface area contributed by atoms with Gasteiger partial charge in [0, 0.05) is 35.2 Å². The molecule has 1 amide bonds. The van der Waals surface area contributed by atoms with Crippen molar-refractivity contribution in [2.75, 3.05) is 11.4 Å². The zero-order valence-electron chi connectivity index (χ0n) is 11.9. The highest BCUT2D eigenvalue weighted by atomic mass is 32.1. The molecule has 0 spiro atoms. The van der Waals surface area contributed by atoms with Gasteiger partial charge in [-0.05, 0) is 24.6 Å². The molecule has 22 heavy (non-hydrogen) atoms. The summed E-state index contributed by atoms with van der Waals surface area (Å²) < 4.78 is 5.10. The van der Waals surface area contributed by atoms with Gasteiger partial charge in [-0.2, -0.15) is 0 Å². The summed E-state index contributed by atoms with van der Waals surface area (Å²) in [5.41, 5.74) is 3.90. The Balaban J connectivity index is 1.67. The lowest BCUT2D eigenvalue weighted by molar-refractivity contribution is -0.117. The van der Waals surface area contributed by atoms with Gasteiger partial charge in [0.25, 0.3) is 0 Å². The van der Waals surface area contributed by atoms with E-state index >= 15 is 0 Å². The average Bonchev–Trinajstić information content (AvgIpc) is 3.28. The quantitative estimate of drug-likeness (QED) is 0.728. The van der Waals surface area contributed by atoms with Crippen molar-refractivity contribution >= 4 is 22.9 Å². The molecule has 0 atom stereocenters. The monoisotopic (exact) mass is 310 g/mol. The molecule has 0 bridgehead atoms. The summed E-state index contributed by atoms with van der Waals surface area (Å²) in [7, 11) is 0. The second-order valence-corrected chi connectivity index (χ2v) is 6.11. The van der Waals surface area contributed by atoms with Gasteiger partial charge < -0.3 is 9.32 Å². The van der Waals surface area contributed by atoms with Gasteiger partial charge >= 0.3 is 0 Å². The van der Waals surface area contributed by atoms with Gasteiger partial charge in [0.15, 0.2) is 0 Å². The van der Waals surface area contributed by atoms with Crippen LogP contribution in [0.2, 0.25) is 0 Å². The number of benzene rings is 1. The number of anilines is 1. The van der Waals surface area contributed by atoms with Gasteiger partial charge in [-0.15, -0.1) is 11.3 Å². The molecule has 3 aromatic rings. The largest absolute Gasteiger partial charge is 0.472 e. The van der Waals surface area contributed by atoms with E-state index in [4.69, 9.17) is 4.42 Å². The summed E-state index contributed by atoms with van der Waals surface area (Å²) in [5.74, 6) is 0.203. The molecule has 0 radical (unpaired) electrons. The fourth-order valence-corrected chi connectivity index (χ4v) is 3.49. The minimum atomic E-state index is 0.203. The fourth-order valence-electron chi connectivity index (χ4n) is 2.68. The first kappa shape index (κ1) is 13.3. The molecule has 4 nitrogen and oxygen atoms in total. The smallest absolute Gasteiger partial charge is 0.227 e. The number of carbonyl (C=O) groups excluding carboxylic acids is 1. The number of nitrogens with zero attached hydrogens (tertiary/aromatic N) is 2. The molecule has 0 aliphatic carbocycles. The molecule has 0 saturated carbocycles. The highest BCUT2D eigenvalue weighted by molar-refractivity contribution is 7.13. The summed E-state index contributed by atoms with van der Waals surface area (Å²) in [6.45, 7) is 0.805. The molecule has 3 heterocycles. The molecule has 1 aromatic carbocycles. The van der Waals surface area contributed by atoms with Crippen molar-refractivity contribution in [1.82, 2.24) is 4.98 Å². The Kier molecular flexibility index (Phi) is 3.27. The van der Waals surface area contributed by atoms with Gasteiger partial charge in [-0.25, -0.2) is 4.98 Å². The van der Waals surface area contributed by atoms with E-state index in [0.29, 0.717) is 6.42 Å². The van der Waals surface area contributed by atoms with E-state index in [2.05, 4.69) is 4.98 Å². The molecule has 5 heteroatoms. The lowest BCUT2D eigenvalue weighted by Gasteiger charge is -2.16. The van der Waals surface area contributed by atoms with Crippen LogP contribution in [0.3, 0.4) is 0 Å². The SMILES string of the molecule is O=C1CCCN1c1cccc(-c2csc(-c3ccoc3)n2)c1. The molecular weight excluding hydrogens is 296 g/mol. The Morgan fingerprint density at radius 3 is 2.95 bits per heavy atom. The lowest BCUT2D eigenvalue weighted by atomic mass is 10.1. The van der Waals surface area contributed by atoms with Gasteiger partial charge in [-0.3, -0.25) is 4.79 Å². The third kappa shape index (κ3) is 2.33. The van der Waals surface area contributed by atoms with Crippen LogP contribution in [-0.2, 0) is 4.79 Å². The molecule has 1 saturated heterocycles. The Labute approximate surface area is 132 Å². The number of amides is 1. The minimum Gasteiger partial charge on any atom is -0.472 e. The molecule has 110 valence electrons. The normalized spacial score (nSPS) is 14.7. The van der Waals surface area contributed by atoms with Crippen molar-refractivity contribution in [3.8, 4) is 21.8 Å². The van der Waals surface area contributed by atoms with Crippen LogP contribution in [0.4, 0.5) is 5.69 Å². The number of rotatable bonds is 3. The first-order chi connectivity index (χ1) is 10.8. The van der Waals surface area contributed by atoms with Crippen LogP contribution >= 0.6 is 11.3 Å². The molecule has 1 aliphatic heterocycles. The fraction of sp³-hybridized carbons (Fsp3) is 0.176. The summed E-state index contributed by atoms with van der Waals surface area (Å²) in [4.78, 5) is 18.4. The van der Waals surface area contributed by atoms with Gasteiger partial charge in [0.1, 0.15) is 11.3 Å². The van der Waals surface area contributed by atoms with Gasteiger partial charge in [0.2, 0.25) is 5.91 Å². The molecule has 4 rings (SSSR count). The van der Waals surface area contributed by atoms with Crippen LogP contribution in [0.15, 0.2) is 52.7 Å². The molecule has 0 N–H and O–H groups in total. The summed E-state index contributed by atoms with van der Waals surface area (Å²) in [6, 6.07) is 9.93. The first-order valence-corrected chi connectivity index (χ1v) is 8.08. The van der Waals surface area contributed by atoms with E-state index in [0.717, 1.165) is 40.5 Å². The highest BCUT2D eigenvalue weighted by Crippen LogP contribution is 2.31. The third-order valence-corrected chi connectivity index (χ3v) is 4.69. The van der Waals surface area contributed by atoms with E-state index in [-0.39, 0.29) is 5.91 Å². The number of hydrogen-bond donors (Lipinski definition) is 0. The highest BCUT2D eigenvalue weighted by Gasteiger charge is 2.22. The summed E-state index contributed by atoms with van der Waals surface area (Å²) in [5, 5.41) is 2.97. The van der Waals surface area contributed by atoms with Crippen molar-refractivity contribution in [2.45, 2.75) is 12.8 Å². The Morgan fingerprint density at radius 1 is 1.23 bits per heavy atom. The number of hydrogen-bond acceptors (Lipinski definition) is 4. The number of carbonyl (C=O) groups is 1. The second-order valence-electron chi connectivity index (χ2n) is 5.25. The van der Waals surface area contributed by atoms with Crippen molar-refractivity contribution in [1.29, 1.82) is 0 Å². The van der Waals surface area contributed by atoms with E-state index < -0.39 is 0 Å². The molecule has 2 aromatic heterocycles. The average molecular weight is 310 g/mol. The number of thiazole rings is 1. The van der Waals surface area contributed by atoms with Crippen LogP contribution in [0.25, 0.3) is 21.8 Å². The maximum atomic E-state index is 11.9. The van der Waals surface area contributed by atoms with E-state index in [9.17, 15) is 4.79 Å². The summed E-state index contributed by atoms with van der Waals surface area (Å²) in [6.07, 6.45) is 4.92. The van der Waals surface area contributed by atoms with Gasteiger partial charge in [-0.1, -0.05) is 12.1 Å². The molecule has 0 unspecified atom stereocenters. The minimum absolute atomic E-state index is 0.203. The predicted octanol–water partition coefficient (Wildman–Crippen LogP) is 4.20. The van der Waals surface area contributed by atoms with Crippen molar-refractivity contribution in [2.24, 2.45) is 0 Å². The zero-order valence-corrected chi connectivity index (χ0v) is 12.7. The third-order valence-electron chi connectivity index (χ3n) is 3.80. The molecule has 1 fully saturated rings. The summed E-state index contributed by atoms with van der Waals surface area (Å²) >= 11 is 1.59. The van der Waals surface area contributed by atoms with Crippen LogP contribution in [-0.4, -0.2) is 17.4 Å². The van der Waals surface area contributed by atoms with Crippen molar-refractivity contribution in [3.05, 3.63) is 48.2 Å². The first-order valence-electron chi connectivity index (χ1n) is 7.20. The van der Waals surface area contributed by atoms with Crippen LogP contribution < -0.4 is 4.90 Å². The zero-order chi connectivity index (χ0) is 14.9. The standard InChI is InChI=1S/C17H14N2O2S/c20-16-5-2-7-19(16)14-4-1-3-12(9-14)15-11-22-17(18-15)13-6-8-21-10-13/h1,3-4,6,8-11H,2,5,7H2. The van der Waals surface area contributed by atoms with Crippen LogP contribution in [0.5, 0.6) is 0 Å². The maximum absolute atomic E-state index is 11.9. The predicted molar refractivity (Wildman–Crippen MR) is 86.8 cm³/mol. The number of aromatic nitrogens is 1. The molecular formula is C17H14N2O2S. The van der Waals surface area contributed by atoms with E-state index in [1.165, 1.54) is 0 Å². The Hall–Kier alpha value is -2.40. The topological polar surface area (TPSA) is 46.3 Å². The van der Waals surface area contributed by atoms with E-state index in [1.807, 2.05) is 40.6 Å². The van der Waals surface area contributed by atoms with Crippen LogP contribution in [0.1, 0.15) is 12.8 Å². The van der Waals surface area contributed by atoms with Crippen molar-refractivity contribution in [3.63, 3.8) is 0 Å². The Bertz CT molecular complexity index is 808. The van der Waals surface area contributed by atoms with Gasteiger partial charge in [0.05, 0.1) is 12.0 Å². The number of furan rings is 1. The maximum Gasteiger partial charge on any atom is 0.227 e. The second kappa shape index (κ2) is 5.42. The molecule has 1 aliphatic rings. The van der Waals surface area contributed by atoms with Crippen LogP contribution in [0, 0.1) is 0 Å². The van der Waals surface area contributed by atoms with E-state index in [1.54, 1.807) is 23.9 Å².